The van der Waals surface area contributed by atoms with Crippen molar-refractivity contribution in [2.24, 2.45) is 4.99 Å². The first-order valence-electron chi connectivity index (χ1n) is 8.60. The summed E-state index contributed by atoms with van der Waals surface area (Å²) < 4.78 is 2.04. The molecule has 4 rings (SSSR count). The van der Waals surface area contributed by atoms with Crippen LogP contribution < -0.4 is 0 Å². The molecule has 6 nitrogen and oxygen atoms in total. The van der Waals surface area contributed by atoms with Crippen LogP contribution >= 0.6 is 22.9 Å². The first kappa shape index (κ1) is 17.9. The number of carbonyl (C=O) groups is 1. The van der Waals surface area contributed by atoms with Crippen LogP contribution in [0.3, 0.4) is 0 Å². The zero-order valence-corrected chi connectivity index (χ0v) is 16.2. The van der Waals surface area contributed by atoms with Gasteiger partial charge in [0.15, 0.2) is 5.82 Å². The molecule has 1 N–H and O–H groups in total. The van der Waals surface area contributed by atoms with Crippen molar-refractivity contribution < 1.29 is 9.90 Å². The number of aryl methyl sites for hydroxylation is 2. The van der Waals surface area contributed by atoms with Crippen molar-refractivity contribution in [2.75, 3.05) is 0 Å². The second-order valence-electron chi connectivity index (χ2n) is 6.32. The molecule has 3 heterocycles. The maximum absolute atomic E-state index is 10.8. The topological polar surface area (TPSA) is 80.4 Å². The molecule has 0 amide bonds. The molecule has 1 aliphatic heterocycles. The highest BCUT2D eigenvalue weighted by molar-refractivity contribution is 7.15. The average Bonchev–Trinajstić information content (AvgIpc) is 3.16. The smallest absolute Gasteiger partial charge is 0.303 e. The van der Waals surface area contributed by atoms with E-state index in [0.717, 1.165) is 38.4 Å². The lowest BCUT2D eigenvalue weighted by Crippen LogP contribution is -2.05. The third-order valence-corrected chi connectivity index (χ3v) is 5.94. The monoisotopic (exact) mass is 400 g/mol. The predicted octanol–water partition coefficient (Wildman–Crippen LogP) is 4.05. The van der Waals surface area contributed by atoms with E-state index in [0.29, 0.717) is 24.4 Å². The fraction of sp³-hybridized carbons (Fsp3) is 0.263. The summed E-state index contributed by atoms with van der Waals surface area (Å²) in [5.41, 5.74) is 2.70. The molecule has 138 valence electrons. The van der Waals surface area contributed by atoms with Gasteiger partial charge in [-0.15, -0.1) is 21.5 Å². The van der Waals surface area contributed by atoms with Crippen LogP contribution in [0.25, 0.3) is 5.00 Å². The Morgan fingerprint density at radius 1 is 1.30 bits per heavy atom. The van der Waals surface area contributed by atoms with Crippen molar-refractivity contribution in [3.63, 3.8) is 0 Å². The number of carboxylic acid groups (broad SMARTS) is 1. The molecule has 3 aromatic rings. The van der Waals surface area contributed by atoms with E-state index in [1.165, 1.54) is 0 Å². The highest BCUT2D eigenvalue weighted by atomic mass is 35.5. The zero-order chi connectivity index (χ0) is 19.0. The van der Waals surface area contributed by atoms with Crippen LogP contribution in [0.1, 0.15) is 40.5 Å². The number of aromatic nitrogens is 3. The lowest BCUT2D eigenvalue weighted by Gasteiger charge is -2.08. The van der Waals surface area contributed by atoms with Gasteiger partial charge in [-0.2, -0.15) is 0 Å². The third kappa shape index (κ3) is 3.40. The molecule has 0 atom stereocenters. The van der Waals surface area contributed by atoms with Crippen molar-refractivity contribution >= 4 is 34.6 Å². The molecule has 1 aromatic carbocycles. The van der Waals surface area contributed by atoms with Crippen molar-refractivity contribution in [1.29, 1.82) is 0 Å². The molecule has 0 fully saturated rings. The summed E-state index contributed by atoms with van der Waals surface area (Å²) >= 11 is 8.07. The van der Waals surface area contributed by atoms with Gasteiger partial charge in [-0.3, -0.25) is 14.4 Å². The number of aliphatic carboxylic acids is 1. The molecule has 0 aliphatic carbocycles. The number of fused-ring (bicyclic) bond motifs is 3. The fourth-order valence-electron chi connectivity index (χ4n) is 3.20. The Kier molecular flexibility index (Phi) is 4.80. The van der Waals surface area contributed by atoms with Crippen molar-refractivity contribution in [3.05, 3.63) is 63.0 Å². The normalized spacial score (nSPS) is 12.9. The molecular formula is C19H17ClN4O2S. The maximum atomic E-state index is 10.8. The Morgan fingerprint density at radius 2 is 2.11 bits per heavy atom. The minimum absolute atomic E-state index is 0.158. The third-order valence-electron chi connectivity index (χ3n) is 4.43. The van der Waals surface area contributed by atoms with Gasteiger partial charge in [-0.05, 0) is 31.9 Å². The molecule has 0 unspecified atom stereocenters. The van der Waals surface area contributed by atoms with Gasteiger partial charge in [0.25, 0.3) is 0 Å². The Morgan fingerprint density at radius 3 is 2.89 bits per heavy atom. The number of rotatable bonds is 5. The van der Waals surface area contributed by atoms with Gasteiger partial charge in [-0.25, -0.2) is 0 Å². The largest absolute Gasteiger partial charge is 0.481 e. The molecule has 0 spiro atoms. The summed E-state index contributed by atoms with van der Waals surface area (Å²) in [6.45, 7) is 2.35. The highest BCUT2D eigenvalue weighted by Crippen LogP contribution is 2.34. The number of hydrogen-bond acceptors (Lipinski definition) is 5. The van der Waals surface area contributed by atoms with Gasteiger partial charge in [0.2, 0.25) is 0 Å². The van der Waals surface area contributed by atoms with Crippen molar-refractivity contribution in [2.45, 2.75) is 32.7 Å². The molecule has 27 heavy (non-hydrogen) atoms. The average molecular weight is 401 g/mol. The molecule has 0 bridgehead atoms. The number of halogens is 1. The molecule has 0 saturated carbocycles. The van der Waals surface area contributed by atoms with Crippen LogP contribution in [-0.2, 0) is 17.8 Å². The van der Waals surface area contributed by atoms with E-state index in [4.69, 9.17) is 21.7 Å². The fourth-order valence-corrected chi connectivity index (χ4v) is 4.69. The SMILES string of the molecule is Cc1nnc2n1-c1sc(CCCC(=O)O)cc1C(c1ccccc1Cl)=NC2. The van der Waals surface area contributed by atoms with Crippen LogP contribution in [0.15, 0.2) is 35.3 Å². The van der Waals surface area contributed by atoms with Crippen LogP contribution in [0.5, 0.6) is 0 Å². The Bertz CT molecular complexity index is 1050. The van der Waals surface area contributed by atoms with Crippen LogP contribution in [-0.4, -0.2) is 31.6 Å². The number of nitrogens with zero attached hydrogens (tertiary/aromatic N) is 4. The number of benzene rings is 1. The van der Waals surface area contributed by atoms with Crippen LogP contribution in [0.4, 0.5) is 0 Å². The lowest BCUT2D eigenvalue weighted by atomic mass is 10.0. The van der Waals surface area contributed by atoms with Crippen molar-refractivity contribution in [1.82, 2.24) is 14.8 Å². The minimum atomic E-state index is -0.775. The van der Waals surface area contributed by atoms with Crippen LogP contribution in [0, 0.1) is 6.92 Å². The van der Waals surface area contributed by atoms with E-state index in [1.807, 2.05) is 35.8 Å². The van der Waals surface area contributed by atoms with E-state index in [1.54, 1.807) is 11.3 Å². The van der Waals surface area contributed by atoms with Gasteiger partial charge < -0.3 is 5.11 Å². The first-order chi connectivity index (χ1) is 13.0. The molecule has 2 aromatic heterocycles. The van der Waals surface area contributed by atoms with Gasteiger partial charge in [0, 0.05) is 27.4 Å². The Balaban J connectivity index is 1.82. The maximum Gasteiger partial charge on any atom is 0.303 e. The van der Waals surface area contributed by atoms with Gasteiger partial charge in [0.1, 0.15) is 17.4 Å². The molecule has 0 saturated heterocycles. The summed E-state index contributed by atoms with van der Waals surface area (Å²) in [5.74, 6) is 0.818. The Hall–Kier alpha value is -2.51. The van der Waals surface area contributed by atoms with Gasteiger partial charge in [-0.1, -0.05) is 29.8 Å². The number of hydrogen-bond donors (Lipinski definition) is 1. The van der Waals surface area contributed by atoms with Crippen LogP contribution in [0.2, 0.25) is 5.02 Å². The van der Waals surface area contributed by atoms with E-state index >= 15 is 0 Å². The minimum Gasteiger partial charge on any atom is -0.481 e. The zero-order valence-electron chi connectivity index (χ0n) is 14.6. The predicted molar refractivity (Wildman–Crippen MR) is 105 cm³/mol. The quantitative estimate of drug-likeness (QED) is 0.700. The second kappa shape index (κ2) is 7.25. The lowest BCUT2D eigenvalue weighted by molar-refractivity contribution is -0.137. The first-order valence-corrected chi connectivity index (χ1v) is 9.79. The molecule has 1 aliphatic rings. The summed E-state index contributed by atoms with van der Waals surface area (Å²) in [5, 5.41) is 19.0. The number of carboxylic acids is 1. The molecule has 8 heteroatoms. The van der Waals surface area contributed by atoms with Gasteiger partial charge in [0.05, 0.1) is 5.71 Å². The van der Waals surface area contributed by atoms with E-state index in [2.05, 4.69) is 16.3 Å². The van der Waals surface area contributed by atoms with E-state index in [9.17, 15) is 4.79 Å². The van der Waals surface area contributed by atoms with Crippen molar-refractivity contribution in [3.8, 4) is 5.00 Å². The molecular weight excluding hydrogens is 384 g/mol. The van der Waals surface area contributed by atoms with E-state index in [-0.39, 0.29) is 6.42 Å². The second-order valence-corrected chi connectivity index (χ2v) is 7.84. The number of aliphatic imine (C=N–C) groups is 1. The summed E-state index contributed by atoms with van der Waals surface area (Å²) in [4.78, 5) is 16.7. The Labute approximate surface area is 165 Å². The van der Waals surface area contributed by atoms with E-state index < -0.39 is 5.97 Å². The standard InChI is InChI=1S/C19H17ClN4O2S/c1-11-22-23-16-10-21-18(13-6-2-3-7-15(13)20)14-9-12(5-4-8-17(25)26)27-19(14)24(11)16/h2-3,6-7,9H,4-5,8,10H2,1H3,(H,25,26). The molecule has 0 radical (unpaired) electrons. The number of thiophene rings is 1. The summed E-state index contributed by atoms with van der Waals surface area (Å²) in [7, 11) is 0. The summed E-state index contributed by atoms with van der Waals surface area (Å²) in [6.07, 6.45) is 1.46. The summed E-state index contributed by atoms with van der Waals surface area (Å²) in [6, 6.07) is 9.76. The van der Waals surface area contributed by atoms with Gasteiger partial charge >= 0.3 is 5.97 Å². The highest BCUT2D eigenvalue weighted by Gasteiger charge is 2.25.